The van der Waals surface area contributed by atoms with Crippen molar-refractivity contribution in [3.63, 3.8) is 0 Å². The average Bonchev–Trinajstić information content (AvgIpc) is 2.68. The zero-order valence-electron chi connectivity index (χ0n) is 17.7. The molecule has 27 heavy (non-hydrogen) atoms. The number of aliphatic imine (C=N–C) groups is 1. The molecule has 0 radical (unpaired) electrons. The van der Waals surface area contributed by atoms with Crippen LogP contribution in [0.4, 0.5) is 0 Å². The van der Waals surface area contributed by atoms with Crippen LogP contribution in [0.2, 0.25) is 0 Å². The van der Waals surface area contributed by atoms with Crippen LogP contribution in [0.1, 0.15) is 45.1 Å². The highest BCUT2D eigenvalue weighted by Crippen LogP contribution is 2.13. The minimum atomic E-state index is 0.523. The Bertz CT molecular complexity index is 535. The van der Waals surface area contributed by atoms with Gasteiger partial charge in [-0.25, -0.2) is 0 Å². The van der Waals surface area contributed by atoms with Crippen molar-refractivity contribution in [3.8, 4) is 0 Å². The Kier molecular flexibility index (Phi) is 9.64. The maximum absolute atomic E-state index is 4.40. The summed E-state index contributed by atoms with van der Waals surface area (Å²) in [5.41, 5.74) is 1.41. The van der Waals surface area contributed by atoms with Gasteiger partial charge in [0.25, 0.3) is 0 Å². The molecule has 0 bridgehead atoms. The molecule has 5 heteroatoms. The second-order valence-corrected chi connectivity index (χ2v) is 7.96. The van der Waals surface area contributed by atoms with Gasteiger partial charge in [0, 0.05) is 45.3 Å². The molecule has 0 aliphatic carbocycles. The number of nitrogens with one attached hydrogen (secondary N) is 2. The largest absolute Gasteiger partial charge is 0.356 e. The zero-order valence-corrected chi connectivity index (χ0v) is 17.7. The van der Waals surface area contributed by atoms with Gasteiger partial charge in [0.2, 0.25) is 0 Å². The molecule has 5 nitrogen and oxygen atoms in total. The first-order valence-electron chi connectivity index (χ1n) is 10.5. The number of benzene rings is 1. The van der Waals surface area contributed by atoms with Gasteiger partial charge in [0.15, 0.2) is 5.96 Å². The molecule has 2 rings (SSSR count). The first-order valence-corrected chi connectivity index (χ1v) is 10.5. The van der Waals surface area contributed by atoms with Gasteiger partial charge < -0.3 is 15.5 Å². The highest BCUT2D eigenvalue weighted by molar-refractivity contribution is 5.79. The number of likely N-dealkylation sites (tertiary alicyclic amines) is 1. The predicted molar refractivity (Wildman–Crippen MR) is 116 cm³/mol. The van der Waals surface area contributed by atoms with E-state index in [1.807, 2.05) is 7.05 Å². The quantitative estimate of drug-likeness (QED) is 0.397. The minimum absolute atomic E-state index is 0.523. The van der Waals surface area contributed by atoms with Gasteiger partial charge in [-0.1, -0.05) is 30.3 Å². The predicted octanol–water partition coefficient (Wildman–Crippen LogP) is 2.94. The van der Waals surface area contributed by atoms with Crippen LogP contribution in [0.5, 0.6) is 0 Å². The lowest BCUT2D eigenvalue weighted by molar-refractivity contribution is 0.198. The Morgan fingerprint density at radius 2 is 1.89 bits per heavy atom. The molecular formula is C22H39N5. The summed E-state index contributed by atoms with van der Waals surface area (Å²) in [5.74, 6) is 0.953. The number of piperidine rings is 1. The Morgan fingerprint density at radius 3 is 2.52 bits per heavy atom. The maximum atomic E-state index is 4.40. The molecule has 0 amide bonds. The molecular weight excluding hydrogens is 334 g/mol. The topological polar surface area (TPSA) is 42.9 Å². The number of hydrogen-bond donors (Lipinski definition) is 2. The highest BCUT2D eigenvalue weighted by atomic mass is 15.2. The van der Waals surface area contributed by atoms with Crippen molar-refractivity contribution >= 4 is 5.96 Å². The fourth-order valence-corrected chi connectivity index (χ4v) is 3.42. The fraction of sp³-hybridized carbons (Fsp3) is 0.682. The fourth-order valence-electron chi connectivity index (χ4n) is 3.42. The third-order valence-electron chi connectivity index (χ3n) is 5.51. The number of guanidine groups is 1. The monoisotopic (exact) mass is 373 g/mol. The van der Waals surface area contributed by atoms with E-state index in [-0.39, 0.29) is 0 Å². The second-order valence-electron chi connectivity index (χ2n) is 7.96. The molecule has 1 aliphatic heterocycles. The summed E-state index contributed by atoms with van der Waals surface area (Å²) in [6.45, 7) is 9.98. The van der Waals surface area contributed by atoms with Gasteiger partial charge in [-0.2, -0.15) is 0 Å². The van der Waals surface area contributed by atoms with Gasteiger partial charge >= 0.3 is 0 Å². The molecule has 0 aromatic heterocycles. The standard InChI is InChI=1S/C22H39N5/c1-19(2)26(4)15-9-8-14-24-22(23-3)25-21-12-16-27(17-13-21)18-20-10-6-5-7-11-20/h5-7,10-11,19,21H,8-9,12-18H2,1-4H3,(H2,23,24,25). The molecule has 0 spiro atoms. The number of nitrogens with zero attached hydrogens (tertiary/aromatic N) is 3. The van der Waals surface area contributed by atoms with Crippen LogP contribution in [-0.4, -0.2) is 68.1 Å². The minimum Gasteiger partial charge on any atom is -0.356 e. The molecule has 0 atom stereocenters. The van der Waals surface area contributed by atoms with Gasteiger partial charge in [-0.15, -0.1) is 0 Å². The second kappa shape index (κ2) is 12.0. The van der Waals surface area contributed by atoms with Gasteiger partial charge in [0.05, 0.1) is 0 Å². The summed E-state index contributed by atoms with van der Waals surface area (Å²) in [6, 6.07) is 11.9. The molecule has 0 unspecified atom stereocenters. The smallest absolute Gasteiger partial charge is 0.191 e. The molecule has 1 aromatic carbocycles. The van der Waals surface area contributed by atoms with E-state index >= 15 is 0 Å². The number of hydrogen-bond acceptors (Lipinski definition) is 3. The van der Waals surface area contributed by atoms with Crippen molar-refractivity contribution in [2.45, 2.75) is 58.2 Å². The molecule has 152 valence electrons. The highest BCUT2D eigenvalue weighted by Gasteiger charge is 2.19. The van der Waals surface area contributed by atoms with Crippen LogP contribution in [-0.2, 0) is 6.54 Å². The van der Waals surface area contributed by atoms with Crippen LogP contribution >= 0.6 is 0 Å². The summed E-state index contributed by atoms with van der Waals surface area (Å²) in [6.07, 6.45) is 4.74. The first kappa shape index (κ1) is 21.7. The van der Waals surface area contributed by atoms with Crippen molar-refractivity contribution < 1.29 is 0 Å². The number of unbranched alkanes of at least 4 members (excludes halogenated alkanes) is 1. The SMILES string of the molecule is CN=C(NCCCCN(C)C(C)C)NC1CCN(Cc2ccccc2)CC1. The average molecular weight is 374 g/mol. The third kappa shape index (κ3) is 8.31. The van der Waals surface area contributed by atoms with Crippen LogP contribution in [0.3, 0.4) is 0 Å². The van der Waals surface area contributed by atoms with E-state index in [4.69, 9.17) is 0 Å². The Morgan fingerprint density at radius 1 is 1.19 bits per heavy atom. The van der Waals surface area contributed by atoms with Crippen molar-refractivity contribution in [2.24, 2.45) is 4.99 Å². The van der Waals surface area contributed by atoms with Gasteiger partial charge in [-0.3, -0.25) is 9.89 Å². The van der Waals surface area contributed by atoms with Crippen molar-refractivity contribution in [2.75, 3.05) is 40.3 Å². The van der Waals surface area contributed by atoms with E-state index < -0.39 is 0 Å². The Hall–Kier alpha value is -1.59. The Balaban J connectivity index is 1.60. The van der Waals surface area contributed by atoms with Gasteiger partial charge in [0.1, 0.15) is 0 Å². The lowest BCUT2D eigenvalue weighted by atomic mass is 10.0. The van der Waals surface area contributed by atoms with Crippen LogP contribution in [0.15, 0.2) is 35.3 Å². The first-order chi connectivity index (χ1) is 13.1. The summed E-state index contributed by atoms with van der Waals surface area (Å²) in [4.78, 5) is 9.35. The van der Waals surface area contributed by atoms with E-state index in [9.17, 15) is 0 Å². The van der Waals surface area contributed by atoms with Crippen molar-refractivity contribution in [1.29, 1.82) is 0 Å². The van der Waals surface area contributed by atoms with E-state index in [1.165, 1.54) is 31.2 Å². The maximum Gasteiger partial charge on any atom is 0.191 e. The molecule has 1 saturated heterocycles. The van der Waals surface area contributed by atoms with Crippen LogP contribution in [0, 0.1) is 0 Å². The molecule has 0 saturated carbocycles. The molecule has 1 aliphatic rings. The Labute approximate surface area is 166 Å². The summed E-state index contributed by atoms with van der Waals surface area (Å²) >= 11 is 0. The lowest BCUT2D eigenvalue weighted by Crippen LogP contribution is -2.48. The summed E-state index contributed by atoms with van der Waals surface area (Å²) in [7, 11) is 4.06. The molecule has 2 N–H and O–H groups in total. The summed E-state index contributed by atoms with van der Waals surface area (Å²) in [5, 5.41) is 7.09. The molecule has 1 heterocycles. The van der Waals surface area contributed by atoms with E-state index in [0.29, 0.717) is 12.1 Å². The normalized spacial score (nSPS) is 16.9. The number of rotatable bonds is 9. The van der Waals surface area contributed by atoms with E-state index in [1.54, 1.807) is 0 Å². The molecule has 1 fully saturated rings. The van der Waals surface area contributed by atoms with Crippen molar-refractivity contribution in [3.05, 3.63) is 35.9 Å². The summed E-state index contributed by atoms with van der Waals surface area (Å²) < 4.78 is 0. The van der Waals surface area contributed by atoms with Gasteiger partial charge in [-0.05, 0) is 58.7 Å². The van der Waals surface area contributed by atoms with Crippen LogP contribution in [0.25, 0.3) is 0 Å². The zero-order chi connectivity index (χ0) is 19.5. The van der Waals surface area contributed by atoms with E-state index in [0.717, 1.165) is 38.7 Å². The molecule has 1 aromatic rings. The van der Waals surface area contributed by atoms with E-state index in [2.05, 4.69) is 76.7 Å². The lowest BCUT2D eigenvalue weighted by Gasteiger charge is -2.33. The third-order valence-corrected chi connectivity index (χ3v) is 5.51. The van der Waals surface area contributed by atoms with Crippen LogP contribution < -0.4 is 10.6 Å². The van der Waals surface area contributed by atoms with Crippen molar-refractivity contribution in [1.82, 2.24) is 20.4 Å².